The Bertz CT molecular complexity index is 1060. The molecular weight excluding hydrogens is 457 g/mol. The van der Waals surface area contributed by atoms with E-state index < -0.39 is 21.7 Å². The third-order valence-electron chi connectivity index (χ3n) is 5.14. The number of carbonyl (C=O) groups is 1. The number of hydrogen-bond donors (Lipinski definition) is 1. The highest BCUT2D eigenvalue weighted by atomic mass is 35.5. The molecule has 1 aliphatic heterocycles. The first kappa shape index (κ1) is 22.9. The molecule has 162 valence electrons. The molecule has 3 rings (SSSR count). The number of hydrogen-bond acceptors (Lipinski definition) is 3. The molecule has 0 saturated carbocycles. The van der Waals surface area contributed by atoms with Gasteiger partial charge in [-0.25, -0.2) is 17.2 Å². The molecule has 1 atom stereocenters. The average Bonchev–Trinajstić information content (AvgIpc) is 2.69. The van der Waals surface area contributed by atoms with Gasteiger partial charge in [0, 0.05) is 29.1 Å². The zero-order chi connectivity index (χ0) is 22.1. The first-order valence-electron chi connectivity index (χ1n) is 9.30. The maximum absolute atomic E-state index is 13.4. The minimum Gasteiger partial charge on any atom is -0.349 e. The summed E-state index contributed by atoms with van der Waals surface area (Å²) in [6.45, 7) is 2.01. The minimum atomic E-state index is -3.96. The van der Waals surface area contributed by atoms with Crippen LogP contribution in [-0.4, -0.2) is 31.7 Å². The van der Waals surface area contributed by atoms with Gasteiger partial charge in [-0.05, 0) is 55.7 Å². The second kappa shape index (κ2) is 9.18. The summed E-state index contributed by atoms with van der Waals surface area (Å²) in [4.78, 5) is 12.3. The molecule has 30 heavy (non-hydrogen) atoms. The molecule has 0 radical (unpaired) electrons. The van der Waals surface area contributed by atoms with E-state index in [2.05, 4.69) is 5.32 Å². The van der Waals surface area contributed by atoms with E-state index in [1.165, 1.54) is 4.31 Å². The smallest absolute Gasteiger partial charge is 0.243 e. The van der Waals surface area contributed by atoms with Gasteiger partial charge >= 0.3 is 0 Å². The lowest BCUT2D eigenvalue weighted by Gasteiger charge is -2.31. The second-order valence-electron chi connectivity index (χ2n) is 7.15. The largest absolute Gasteiger partial charge is 0.349 e. The summed E-state index contributed by atoms with van der Waals surface area (Å²) in [6, 6.07) is 7.17. The standard InChI is InChI=1S/C20H20Cl2F2N2O3S/c1-12(16-4-2-14(21)10-17(16)22)25-20(27)13-6-8-26(9-7-13)30(28,29)15-3-5-18(23)19(24)11-15/h2-5,10-13H,6-9H2,1H3,(H,25,27). The summed E-state index contributed by atoms with van der Waals surface area (Å²) in [5, 5.41) is 3.84. The molecule has 1 fully saturated rings. The van der Waals surface area contributed by atoms with Gasteiger partial charge in [-0.2, -0.15) is 4.31 Å². The molecule has 10 heteroatoms. The maximum atomic E-state index is 13.4. The van der Waals surface area contributed by atoms with E-state index in [4.69, 9.17) is 23.2 Å². The van der Waals surface area contributed by atoms with Gasteiger partial charge in [0.25, 0.3) is 0 Å². The number of amides is 1. The van der Waals surface area contributed by atoms with Crippen LogP contribution in [0, 0.1) is 17.6 Å². The van der Waals surface area contributed by atoms with Gasteiger partial charge in [0.15, 0.2) is 11.6 Å². The molecule has 0 aliphatic carbocycles. The lowest BCUT2D eigenvalue weighted by Crippen LogP contribution is -2.43. The summed E-state index contributed by atoms with van der Waals surface area (Å²) >= 11 is 12.1. The highest BCUT2D eigenvalue weighted by molar-refractivity contribution is 7.89. The number of rotatable bonds is 5. The Hall–Kier alpha value is -1.74. The molecule has 1 unspecified atom stereocenters. The highest BCUT2D eigenvalue weighted by Crippen LogP contribution is 2.28. The first-order valence-corrected chi connectivity index (χ1v) is 11.5. The molecule has 0 aromatic heterocycles. The molecule has 1 saturated heterocycles. The van der Waals surface area contributed by atoms with Crippen molar-refractivity contribution in [3.05, 3.63) is 63.6 Å². The third kappa shape index (κ3) is 4.94. The summed E-state index contributed by atoms with van der Waals surface area (Å²) in [6.07, 6.45) is 0.631. The number of nitrogens with zero attached hydrogens (tertiary/aromatic N) is 1. The van der Waals surface area contributed by atoms with Crippen LogP contribution in [0.5, 0.6) is 0 Å². The lowest BCUT2D eigenvalue weighted by atomic mass is 9.96. The van der Waals surface area contributed by atoms with E-state index in [9.17, 15) is 22.0 Å². The highest BCUT2D eigenvalue weighted by Gasteiger charge is 2.33. The van der Waals surface area contributed by atoms with Crippen molar-refractivity contribution in [2.45, 2.75) is 30.7 Å². The van der Waals surface area contributed by atoms with Gasteiger partial charge < -0.3 is 5.32 Å². The number of sulfonamides is 1. The quantitative estimate of drug-likeness (QED) is 0.688. The van der Waals surface area contributed by atoms with Gasteiger partial charge in [0.1, 0.15) is 0 Å². The SMILES string of the molecule is CC(NC(=O)C1CCN(S(=O)(=O)c2ccc(F)c(F)c2)CC1)c1ccc(Cl)cc1Cl. The van der Waals surface area contributed by atoms with Gasteiger partial charge in [-0.15, -0.1) is 0 Å². The van der Waals surface area contributed by atoms with Crippen molar-refractivity contribution in [3.8, 4) is 0 Å². The number of piperidine rings is 1. The van der Waals surface area contributed by atoms with Crippen LogP contribution in [0.1, 0.15) is 31.4 Å². The maximum Gasteiger partial charge on any atom is 0.243 e. The summed E-state index contributed by atoms with van der Waals surface area (Å²) in [5.41, 5.74) is 0.729. The van der Waals surface area contributed by atoms with E-state index in [0.29, 0.717) is 29.0 Å². The molecule has 2 aromatic rings. The van der Waals surface area contributed by atoms with Crippen LogP contribution >= 0.6 is 23.2 Å². The van der Waals surface area contributed by atoms with Gasteiger partial charge in [-0.1, -0.05) is 29.3 Å². The molecular formula is C20H20Cl2F2N2O3S. The van der Waals surface area contributed by atoms with Crippen molar-refractivity contribution in [2.24, 2.45) is 5.92 Å². The number of nitrogens with one attached hydrogen (secondary N) is 1. The summed E-state index contributed by atoms with van der Waals surface area (Å²) in [7, 11) is -3.96. The van der Waals surface area contributed by atoms with E-state index in [0.717, 1.165) is 17.7 Å². The normalized spacial score (nSPS) is 17.0. The zero-order valence-corrected chi connectivity index (χ0v) is 18.4. The third-order valence-corrected chi connectivity index (χ3v) is 7.60. The van der Waals surface area contributed by atoms with Crippen LogP contribution in [0.2, 0.25) is 10.0 Å². The molecule has 0 spiro atoms. The Kier molecular flexibility index (Phi) is 7.02. The monoisotopic (exact) mass is 476 g/mol. The predicted octanol–water partition coefficient (Wildman–Crippen LogP) is 4.55. The van der Waals surface area contributed by atoms with Crippen LogP contribution in [0.3, 0.4) is 0 Å². The Morgan fingerprint density at radius 2 is 1.77 bits per heavy atom. The van der Waals surface area contributed by atoms with Crippen molar-refractivity contribution in [2.75, 3.05) is 13.1 Å². The molecule has 2 aromatic carbocycles. The Balaban J connectivity index is 1.61. The summed E-state index contributed by atoms with van der Waals surface area (Å²) < 4.78 is 53.0. The number of carbonyl (C=O) groups excluding carboxylic acids is 1. The molecule has 1 N–H and O–H groups in total. The Morgan fingerprint density at radius 1 is 1.10 bits per heavy atom. The van der Waals surface area contributed by atoms with Crippen LogP contribution in [0.4, 0.5) is 8.78 Å². The topological polar surface area (TPSA) is 66.5 Å². The fourth-order valence-electron chi connectivity index (χ4n) is 3.41. The van der Waals surface area contributed by atoms with E-state index in [1.54, 1.807) is 25.1 Å². The van der Waals surface area contributed by atoms with Crippen molar-refractivity contribution in [1.82, 2.24) is 9.62 Å². The Labute approximate surface area is 184 Å². The summed E-state index contributed by atoms with van der Waals surface area (Å²) in [5.74, 6) is -2.90. The second-order valence-corrected chi connectivity index (χ2v) is 9.93. The van der Waals surface area contributed by atoms with Crippen LogP contribution in [0.15, 0.2) is 41.3 Å². The predicted molar refractivity (Wildman–Crippen MR) is 111 cm³/mol. The molecule has 0 bridgehead atoms. The zero-order valence-electron chi connectivity index (χ0n) is 16.0. The van der Waals surface area contributed by atoms with Crippen LogP contribution < -0.4 is 5.32 Å². The van der Waals surface area contributed by atoms with E-state index in [1.807, 2.05) is 0 Å². The molecule has 1 heterocycles. The van der Waals surface area contributed by atoms with Crippen molar-refractivity contribution < 1.29 is 22.0 Å². The van der Waals surface area contributed by atoms with Crippen molar-refractivity contribution in [3.63, 3.8) is 0 Å². The van der Waals surface area contributed by atoms with Gasteiger partial charge in [-0.3, -0.25) is 4.79 Å². The van der Waals surface area contributed by atoms with Crippen LogP contribution in [0.25, 0.3) is 0 Å². The fraction of sp³-hybridized carbons (Fsp3) is 0.350. The van der Waals surface area contributed by atoms with Gasteiger partial charge in [0.05, 0.1) is 10.9 Å². The first-order chi connectivity index (χ1) is 14.1. The fourth-order valence-corrected chi connectivity index (χ4v) is 5.46. The average molecular weight is 477 g/mol. The molecule has 1 aliphatic rings. The lowest BCUT2D eigenvalue weighted by molar-refractivity contribution is -0.126. The van der Waals surface area contributed by atoms with Crippen LogP contribution in [-0.2, 0) is 14.8 Å². The molecule has 1 amide bonds. The number of benzene rings is 2. The molecule has 5 nitrogen and oxygen atoms in total. The van der Waals surface area contributed by atoms with E-state index >= 15 is 0 Å². The van der Waals surface area contributed by atoms with Gasteiger partial charge in [0.2, 0.25) is 15.9 Å². The minimum absolute atomic E-state index is 0.107. The van der Waals surface area contributed by atoms with E-state index in [-0.39, 0.29) is 35.9 Å². The van der Waals surface area contributed by atoms with Crippen molar-refractivity contribution >= 4 is 39.1 Å². The Morgan fingerprint density at radius 3 is 2.37 bits per heavy atom. The van der Waals surface area contributed by atoms with Crippen molar-refractivity contribution in [1.29, 1.82) is 0 Å². The number of halogens is 4.